The fraction of sp³-hybridized carbons (Fsp3) is 0.636. The van der Waals surface area contributed by atoms with Gasteiger partial charge in [0.05, 0.1) is 16.5 Å². The summed E-state index contributed by atoms with van der Waals surface area (Å²) in [7, 11) is -3.38. The third kappa shape index (κ3) is 4.03. The predicted octanol–water partition coefficient (Wildman–Crippen LogP) is 2.75. The van der Waals surface area contributed by atoms with Gasteiger partial charge in [0.25, 0.3) is 0 Å². The molecule has 18 heavy (non-hydrogen) atoms. The molecule has 1 N–H and O–H groups in total. The summed E-state index contributed by atoms with van der Waals surface area (Å²) in [5.41, 5.74) is 0. The van der Waals surface area contributed by atoms with Crippen molar-refractivity contribution in [3.05, 3.63) is 15.9 Å². The molecule has 1 heterocycles. The van der Waals surface area contributed by atoms with Gasteiger partial charge in [-0.3, -0.25) is 0 Å². The lowest BCUT2D eigenvalue weighted by molar-refractivity contribution is 0.0626. The van der Waals surface area contributed by atoms with E-state index < -0.39 is 10.0 Å². The molecule has 0 radical (unpaired) electrons. The summed E-state index contributed by atoms with van der Waals surface area (Å²) in [6, 6.07) is 3.32. The third-order valence-electron chi connectivity index (χ3n) is 2.86. The van der Waals surface area contributed by atoms with Gasteiger partial charge in [-0.05, 0) is 40.9 Å². The summed E-state index contributed by atoms with van der Waals surface area (Å²) in [5, 5.41) is 0. The number of hydrogen-bond acceptors (Lipinski definition) is 4. The highest BCUT2D eigenvalue weighted by Gasteiger charge is 2.17. The lowest BCUT2D eigenvalue weighted by Crippen LogP contribution is -2.28. The van der Waals surface area contributed by atoms with E-state index in [4.69, 9.17) is 4.74 Å². The molecule has 1 aliphatic carbocycles. The molecule has 1 aromatic heterocycles. The van der Waals surface area contributed by atoms with E-state index in [0.717, 1.165) is 16.6 Å². The van der Waals surface area contributed by atoms with Crippen LogP contribution < -0.4 is 4.72 Å². The van der Waals surface area contributed by atoms with Crippen LogP contribution in [0, 0.1) is 0 Å². The van der Waals surface area contributed by atoms with Gasteiger partial charge >= 0.3 is 0 Å². The van der Waals surface area contributed by atoms with Gasteiger partial charge in [0, 0.05) is 6.54 Å². The third-order valence-corrected chi connectivity index (χ3v) is 6.44. The first kappa shape index (κ1) is 14.5. The first-order valence-electron chi connectivity index (χ1n) is 5.94. The van der Waals surface area contributed by atoms with Crippen LogP contribution in [-0.2, 0) is 14.8 Å². The molecular formula is C11H16BrNO3S2. The van der Waals surface area contributed by atoms with E-state index in [0.29, 0.717) is 23.5 Å². The van der Waals surface area contributed by atoms with Crippen LogP contribution in [0.15, 0.2) is 20.1 Å². The Morgan fingerprint density at radius 2 is 2.11 bits per heavy atom. The van der Waals surface area contributed by atoms with E-state index in [1.807, 2.05) is 0 Å². The maximum atomic E-state index is 11.9. The van der Waals surface area contributed by atoms with Gasteiger partial charge in [0.2, 0.25) is 10.0 Å². The van der Waals surface area contributed by atoms with Gasteiger partial charge in [-0.1, -0.05) is 12.8 Å². The summed E-state index contributed by atoms with van der Waals surface area (Å²) in [6.45, 7) is 0.769. The highest BCUT2D eigenvalue weighted by molar-refractivity contribution is 9.11. The van der Waals surface area contributed by atoms with Gasteiger partial charge in [0.15, 0.2) is 0 Å². The molecule has 0 bridgehead atoms. The number of ether oxygens (including phenoxy) is 1. The summed E-state index contributed by atoms with van der Waals surface area (Å²) in [5.74, 6) is 0. The Bertz CT molecular complexity index is 480. The topological polar surface area (TPSA) is 55.4 Å². The Balaban J connectivity index is 1.75. The van der Waals surface area contributed by atoms with Crippen molar-refractivity contribution >= 4 is 37.3 Å². The maximum absolute atomic E-state index is 11.9. The SMILES string of the molecule is O=S(=O)(NCCOC1CCCC1)c1ccc(Br)s1. The number of halogens is 1. The fourth-order valence-electron chi connectivity index (χ4n) is 1.97. The minimum absolute atomic E-state index is 0.324. The highest BCUT2D eigenvalue weighted by atomic mass is 79.9. The van der Waals surface area contributed by atoms with Crippen molar-refractivity contribution in [3.8, 4) is 0 Å². The molecule has 0 unspecified atom stereocenters. The number of nitrogens with one attached hydrogen (secondary N) is 1. The fourth-order valence-corrected chi connectivity index (χ4v) is 5.04. The van der Waals surface area contributed by atoms with Gasteiger partial charge in [-0.2, -0.15) is 0 Å². The largest absolute Gasteiger partial charge is 0.377 e. The molecule has 1 saturated carbocycles. The first-order chi connectivity index (χ1) is 8.58. The van der Waals surface area contributed by atoms with E-state index in [1.165, 1.54) is 24.2 Å². The molecule has 1 aromatic rings. The van der Waals surface area contributed by atoms with Crippen LogP contribution in [0.5, 0.6) is 0 Å². The molecule has 0 aromatic carbocycles. The Hall–Kier alpha value is 0.0500. The summed E-state index contributed by atoms with van der Waals surface area (Å²) in [6.07, 6.45) is 4.97. The Morgan fingerprint density at radius 1 is 1.39 bits per heavy atom. The zero-order valence-electron chi connectivity index (χ0n) is 9.89. The van der Waals surface area contributed by atoms with Crippen LogP contribution in [0.2, 0.25) is 0 Å². The Morgan fingerprint density at radius 3 is 2.72 bits per heavy atom. The van der Waals surface area contributed by atoms with Crippen molar-refractivity contribution in [1.82, 2.24) is 4.72 Å². The van der Waals surface area contributed by atoms with E-state index >= 15 is 0 Å². The van der Waals surface area contributed by atoms with Gasteiger partial charge < -0.3 is 4.74 Å². The number of sulfonamides is 1. The minimum Gasteiger partial charge on any atom is -0.377 e. The van der Waals surface area contributed by atoms with Crippen LogP contribution >= 0.6 is 27.3 Å². The zero-order valence-corrected chi connectivity index (χ0v) is 13.1. The van der Waals surface area contributed by atoms with Crippen LogP contribution in [0.25, 0.3) is 0 Å². The zero-order chi connectivity index (χ0) is 13.0. The molecule has 2 rings (SSSR count). The van der Waals surface area contributed by atoms with E-state index in [-0.39, 0.29) is 0 Å². The lowest BCUT2D eigenvalue weighted by Gasteiger charge is -2.11. The van der Waals surface area contributed by atoms with Crippen molar-refractivity contribution in [1.29, 1.82) is 0 Å². The molecule has 1 aliphatic rings. The van der Waals surface area contributed by atoms with Gasteiger partial charge in [0.1, 0.15) is 4.21 Å². The van der Waals surface area contributed by atoms with Crippen LogP contribution in [0.3, 0.4) is 0 Å². The summed E-state index contributed by atoms with van der Waals surface area (Å²) < 4.78 is 33.0. The van der Waals surface area contributed by atoms with Crippen LogP contribution in [-0.4, -0.2) is 27.7 Å². The Kier molecular flexibility index (Phi) is 5.20. The molecule has 0 atom stereocenters. The number of hydrogen-bond donors (Lipinski definition) is 1. The van der Waals surface area contributed by atoms with E-state index in [9.17, 15) is 8.42 Å². The number of thiophene rings is 1. The smallest absolute Gasteiger partial charge is 0.250 e. The number of rotatable bonds is 6. The van der Waals surface area contributed by atoms with E-state index in [1.54, 1.807) is 12.1 Å². The van der Waals surface area contributed by atoms with E-state index in [2.05, 4.69) is 20.7 Å². The second-order valence-electron chi connectivity index (χ2n) is 4.23. The maximum Gasteiger partial charge on any atom is 0.250 e. The second-order valence-corrected chi connectivity index (χ2v) is 8.69. The molecule has 0 saturated heterocycles. The van der Waals surface area contributed by atoms with Gasteiger partial charge in [-0.15, -0.1) is 11.3 Å². The summed E-state index contributed by atoms with van der Waals surface area (Å²) >= 11 is 4.46. The second kappa shape index (κ2) is 6.47. The normalized spacial score (nSPS) is 17.4. The molecular weight excluding hydrogens is 338 g/mol. The monoisotopic (exact) mass is 353 g/mol. The molecule has 7 heteroatoms. The molecule has 1 fully saturated rings. The average Bonchev–Trinajstić information content (AvgIpc) is 2.95. The van der Waals surface area contributed by atoms with Crippen molar-refractivity contribution in [2.45, 2.75) is 36.0 Å². The summed E-state index contributed by atoms with van der Waals surface area (Å²) in [4.78, 5) is 0. The quantitative estimate of drug-likeness (QED) is 0.800. The molecule has 0 amide bonds. The molecule has 0 spiro atoms. The molecule has 4 nitrogen and oxygen atoms in total. The first-order valence-corrected chi connectivity index (χ1v) is 9.04. The van der Waals surface area contributed by atoms with Crippen molar-refractivity contribution in [2.24, 2.45) is 0 Å². The van der Waals surface area contributed by atoms with Crippen molar-refractivity contribution in [2.75, 3.05) is 13.2 Å². The van der Waals surface area contributed by atoms with Crippen LogP contribution in [0.1, 0.15) is 25.7 Å². The minimum atomic E-state index is -3.38. The van der Waals surface area contributed by atoms with Crippen molar-refractivity contribution < 1.29 is 13.2 Å². The molecule has 102 valence electrons. The predicted molar refractivity (Wildman–Crippen MR) is 75.4 cm³/mol. The average molecular weight is 354 g/mol. The standard InChI is InChI=1S/C11H16BrNO3S2/c12-10-5-6-11(17-10)18(14,15)13-7-8-16-9-3-1-2-4-9/h5-6,9,13H,1-4,7-8H2. The highest BCUT2D eigenvalue weighted by Crippen LogP contribution is 2.25. The molecule has 0 aliphatic heterocycles. The Labute approximate surface area is 120 Å². The van der Waals surface area contributed by atoms with Crippen LogP contribution in [0.4, 0.5) is 0 Å². The van der Waals surface area contributed by atoms with Crippen molar-refractivity contribution in [3.63, 3.8) is 0 Å². The van der Waals surface area contributed by atoms with Gasteiger partial charge in [-0.25, -0.2) is 13.1 Å². The lowest BCUT2D eigenvalue weighted by atomic mass is 10.3.